The van der Waals surface area contributed by atoms with Crippen molar-refractivity contribution in [1.29, 1.82) is 0 Å². The van der Waals surface area contributed by atoms with Crippen LogP contribution < -0.4 is 36.2 Å². The Hall–Kier alpha value is -7.76. The summed E-state index contributed by atoms with van der Waals surface area (Å²) in [6.45, 7) is 5.34. The maximum absolute atomic E-state index is 13.7. The second kappa shape index (κ2) is 24.1. The summed E-state index contributed by atoms with van der Waals surface area (Å²) < 4.78 is 93.8. The van der Waals surface area contributed by atoms with E-state index < -0.39 is 42.0 Å². The Balaban J connectivity index is 0.719. The third kappa shape index (κ3) is 12.7. The summed E-state index contributed by atoms with van der Waals surface area (Å²) in [4.78, 5) is 79.4. The highest BCUT2D eigenvalue weighted by molar-refractivity contribution is 7.17. The number of nitrogens with one attached hydrogen (secondary N) is 5. The van der Waals surface area contributed by atoms with Crippen LogP contribution in [0.15, 0.2) is 96.4 Å². The van der Waals surface area contributed by atoms with Crippen LogP contribution in [-0.2, 0) is 36.1 Å². The fourth-order valence-corrected chi connectivity index (χ4v) is 11.6. The molecule has 5 amide bonds. The molecule has 428 valence electrons. The van der Waals surface area contributed by atoms with Crippen LogP contribution in [0.2, 0.25) is 0 Å². The lowest BCUT2D eigenvalue weighted by atomic mass is 9.77. The molecule has 1 aliphatic carbocycles. The predicted molar refractivity (Wildman–Crippen MR) is 290 cm³/mol. The summed E-state index contributed by atoms with van der Waals surface area (Å²) in [5, 5.41) is 26.0. The van der Waals surface area contributed by atoms with Gasteiger partial charge >= 0.3 is 30.1 Å². The largest absolute Gasteiger partial charge is 0.471 e. The van der Waals surface area contributed by atoms with Crippen molar-refractivity contribution in [3.63, 3.8) is 0 Å². The fourth-order valence-electron chi connectivity index (χ4n) is 10.8. The van der Waals surface area contributed by atoms with Crippen LogP contribution in [0.25, 0.3) is 10.2 Å². The molecule has 1 saturated carbocycles. The van der Waals surface area contributed by atoms with Gasteiger partial charge in [-0.1, -0.05) is 43.9 Å². The van der Waals surface area contributed by atoms with E-state index in [1.165, 1.54) is 41.7 Å². The topological polar surface area (TPSA) is 209 Å². The molecule has 9 rings (SSSR count). The molecule has 4 aromatic carbocycles. The number of amides is 5. The van der Waals surface area contributed by atoms with Crippen molar-refractivity contribution >= 4 is 74.1 Å². The highest BCUT2D eigenvalue weighted by Gasteiger charge is 2.54. The highest BCUT2D eigenvalue weighted by Crippen LogP contribution is 2.57. The van der Waals surface area contributed by atoms with Gasteiger partial charge in [-0.05, 0) is 136 Å². The number of aliphatic hydroxyl groups is 1. The van der Waals surface area contributed by atoms with Gasteiger partial charge in [0.05, 0.1) is 15.8 Å². The van der Waals surface area contributed by atoms with Crippen molar-refractivity contribution in [2.75, 3.05) is 35.2 Å². The number of aromatic nitrogens is 1. The third-order valence-corrected chi connectivity index (χ3v) is 15.7. The molecule has 3 aliphatic rings. The number of alkyl halides is 6. The lowest BCUT2D eigenvalue weighted by Crippen LogP contribution is -2.42. The van der Waals surface area contributed by atoms with Gasteiger partial charge in [-0.3, -0.25) is 29.3 Å². The summed E-state index contributed by atoms with van der Waals surface area (Å²) in [6, 6.07) is 22.7. The maximum atomic E-state index is 13.7. The van der Waals surface area contributed by atoms with Crippen molar-refractivity contribution in [3.05, 3.63) is 135 Å². The van der Waals surface area contributed by atoms with E-state index in [0.717, 1.165) is 77.8 Å². The number of esters is 1. The number of carbonyl (C=O) groups excluding carboxylic acids is 6. The zero-order chi connectivity index (χ0) is 57.8. The van der Waals surface area contributed by atoms with Crippen molar-refractivity contribution < 1.29 is 69.7 Å². The number of rotatable bonds is 20. The van der Waals surface area contributed by atoms with E-state index in [1.807, 2.05) is 55.6 Å². The summed E-state index contributed by atoms with van der Waals surface area (Å²) >= 11 is 1.51. The molecular formula is C58H59F6N7O9S. The molecule has 2 aromatic heterocycles. The Kier molecular flexibility index (Phi) is 17.3. The molecule has 1 unspecified atom stereocenters. The molecule has 23 heteroatoms. The van der Waals surface area contributed by atoms with Crippen LogP contribution in [0.4, 0.5) is 43.4 Å². The van der Waals surface area contributed by atoms with Crippen molar-refractivity contribution in [1.82, 2.24) is 20.5 Å². The van der Waals surface area contributed by atoms with Crippen LogP contribution in [0.1, 0.15) is 126 Å². The minimum absolute atomic E-state index is 0.00701. The molecule has 1 fully saturated rings. The average Bonchev–Trinajstić information content (AvgIpc) is 4.32. The molecular weight excluding hydrogens is 1080 g/mol. The van der Waals surface area contributed by atoms with Crippen LogP contribution in [-0.4, -0.2) is 83.2 Å². The van der Waals surface area contributed by atoms with E-state index in [1.54, 1.807) is 20.1 Å². The standard InChI is InChI=1S/C58H59F6N7O9S/c1-3-70(39-12-10-11-33(2)27-39)49(72)32-71-44-23-26-81-48(44)31-45(71)52(75)67-36-16-13-34(14-17-36)50(73)65-24-8-6-4-5-7-9-25-66-51(74)35-15-20-40-43(28-35)56(80-53(40)76)41-21-18-37(68-54(77)57(59,60)61)29-46(41)79-47-30-38(19-22-42(47)56)69-55(78)58(62,63)64/h10-12,15,18-23,26-31,34,36,51,66,74H,3-9,13-14,16-17,24-25,32H2,1-2H3,(H,65,73)(H,67,75)(H,68,77)(H,69,78). The summed E-state index contributed by atoms with van der Waals surface area (Å²) in [5.74, 6) is -6.39. The van der Waals surface area contributed by atoms with E-state index >= 15 is 0 Å². The molecule has 0 saturated heterocycles. The lowest BCUT2D eigenvalue weighted by molar-refractivity contribution is -0.167. The monoisotopic (exact) mass is 1140 g/mol. The van der Waals surface area contributed by atoms with Gasteiger partial charge in [0, 0.05) is 70.9 Å². The van der Waals surface area contributed by atoms with E-state index in [-0.39, 0.29) is 81.4 Å². The minimum atomic E-state index is -5.25. The second-order valence-corrected chi connectivity index (χ2v) is 21.3. The number of benzene rings is 4. The molecule has 0 radical (unpaired) electrons. The van der Waals surface area contributed by atoms with E-state index in [4.69, 9.17) is 9.47 Å². The number of hydrogen-bond donors (Lipinski definition) is 6. The Morgan fingerprint density at radius 3 is 2.01 bits per heavy atom. The number of ether oxygens (including phenoxy) is 2. The highest BCUT2D eigenvalue weighted by atomic mass is 32.1. The first-order valence-electron chi connectivity index (χ1n) is 26.7. The molecule has 0 bridgehead atoms. The van der Waals surface area contributed by atoms with Gasteiger partial charge in [0.15, 0.2) is 5.60 Å². The number of carbonyl (C=O) groups is 6. The molecule has 2 aliphatic heterocycles. The smallest absolute Gasteiger partial charge is 0.456 e. The molecule has 1 atom stereocenters. The number of aryl methyl sites for hydroxylation is 1. The van der Waals surface area contributed by atoms with Crippen LogP contribution >= 0.6 is 11.3 Å². The summed E-state index contributed by atoms with van der Waals surface area (Å²) in [6.07, 6.45) is -4.12. The van der Waals surface area contributed by atoms with Gasteiger partial charge in [-0.25, -0.2) is 4.79 Å². The Morgan fingerprint density at radius 1 is 0.765 bits per heavy atom. The number of fused-ring (bicyclic) bond motifs is 7. The van der Waals surface area contributed by atoms with Gasteiger partial charge < -0.3 is 45.3 Å². The van der Waals surface area contributed by atoms with Gasteiger partial charge in [0.1, 0.15) is 30.0 Å². The van der Waals surface area contributed by atoms with Crippen molar-refractivity contribution in [3.8, 4) is 11.5 Å². The fraction of sp³-hybridized carbons (Fsp3) is 0.379. The Labute approximate surface area is 465 Å². The van der Waals surface area contributed by atoms with Crippen LogP contribution in [0.5, 0.6) is 11.5 Å². The number of aliphatic hydroxyl groups excluding tert-OH is 1. The molecule has 6 N–H and O–H groups in total. The van der Waals surface area contributed by atoms with Gasteiger partial charge in [0.2, 0.25) is 11.8 Å². The van der Waals surface area contributed by atoms with Gasteiger partial charge in [-0.2, -0.15) is 26.3 Å². The number of nitrogens with zero attached hydrogens (tertiary/aromatic N) is 2. The number of anilines is 3. The molecule has 16 nitrogen and oxygen atoms in total. The number of hydrogen-bond acceptors (Lipinski definition) is 11. The first-order chi connectivity index (χ1) is 38.6. The summed E-state index contributed by atoms with van der Waals surface area (Å²) in [5.41, 5.74) is 1.15. The van der Waals surface area contributed by atoms with E-state index in [0.29, 0.717) is 63.0 Å². The minimum Gasteiger partial charge on any atom is -0.456 e. The van der Waals surface area contributed by atoms with Crippen molar-refractivity contribution in [2.24, 2.45) is 5.92 Å². The number of likely N-dealkylation sites (N-methyl/N-ethyl adjacent to an activating group) is 1. The maximum Gasteiger partial charge on any atom is 0.471 e. The third-order valence-electron chi connectivity index (χ3n) is 14.8. The predicted octanol–water partition coefficient (Wildman–Crippen LogP) is 10.7. The Bertz CT molecular complexity index is 3290. The van der Waals surface area contributed by atoms with Crippen LogP contribution in [0, 0.1) is 12.8 Å². The number of unbranched alkanes of at least 4 members (excludes halogenated alkanes) is 5. The summed E-state index contributed by atoms with van der Waals surface area (Å²) in [7, 11) is 0. The molecule has 4 heterocycles. The molecule has 81 heavy (non-hydrogen) atoms. The normalized spacial score (nSPS) is 16.6. The first kappa shape index (κ1) is 57.9. The van der Waals surface area contributed by atoms with E-state index in [2.05, 4.69) is 16.0 Å². The number of halogens is 6. The zero-order valence-corrected chi connectivity index (χ0v) is 45.0. The van der Waals surface area contributed by atoms with Gasteiger partial charge in [-0.15, -0.1) is 11.3 Å². The Morgan fingerprint density at radius 2 is 1.40 bits per heavy atom. The zero-order valence-electron chi connectivity index (χ0n) is 44.2. The van der Waals surface area contributed by atoms with Gasteiger partial charge in [0.25, 0.3) is 5.91 Å². The number of thiophene rings is 1. The van der Waals surface area contributed by atoms with E-state index in [9.17, 15) is 60.2 Å². The average molecular weight is 1140 g/mol. The SMILES string of the molecule is CCN(C(=O)Cn1c(C(=O)NC2CCC(C(=O)NCCCCCCCCNC(O)c3ccc4c(c3)C3(OC4=O)c4ccc(NC(=O)C(F)(F)F)cc4Oc4cc(NC(=O)C(F)(F)F)ccc43)CC2)cc2sccc21)c1cccc(C)c1. The quantitative estimate of drug-likeness (QED) is 0.0184. The second-order valence-electron chi connectivity index (χ2n) is 20.4. The lowest BCUT2D eigenvalue weighted by Gasteiger charge is -2.37. The first-order valence-corrected chi connectivity index (χ1v) is 27.6. The molecule has 6 aromatic rings. The van der Waals surface area contributed by atoms with Crippen molar-refractivity contribution in [2.45, 2.75) is 115 Å². The molecule has 1 spiro atoms. The van der Waals surface area contributed by atoms with Crippen LogP contribution in [0.3, 0.4) is 0 Å².